The number of halogens is 1. The second-order valence-corrected chi connectivity index (χ2v) is 10.0. The van der Waals surface area contributed by atoms with E-state index in [0.717, 1.165) is 27.9 Å². The molecule has 1 fully saturated rings. The molecule has 1 aliphatic heterocycles. The molecule has 34 heavy (non-hydrogen) atoms. The van der Waals surface area contributed by atoms with E-state index in [-0.39, 0.29) is 41.6 Å². The Morgan fingerprint density at radius 1 is 1.15 bits per heavy atom. The number of furan rings is 1. The summed E-state index contributed by atoms with van der Waals surface area (Å²) in [5.41, 5.74) is 0.158. The molecule has 0 radical (unpaired) electrons. The first-order valence-corrected chi connectivity index (χ1v) is 12.1. The van der Waals surface area contributed by atoms with Crippen molar-refractivity contribution >= 4 is 50.0 Å². The molecule has 0 bridgehead atoms. The van der Waals surface area contributed by atoms with Crippen LogP contribution in [0.15, 0.2) is 57.8 Å². The highest BCUT2D eigenvalue weighted by atomic mass is 35.5. The van der Waals surface area contributed by atoms with Crippen molar-refractivity contribution in [2.45, 2.75) is 17.7 Å². The largest absolute Gasteiger partial charge is 0.457 e. The van der Waals surface area contributed by atoms with Gasteiger partial charge in [0.05, 0.1) is 15.9 Å². The predicted molar refractivity (Wildman–Crippen MR) is 121 cm³/mol. The maximum atomic E-state index is 13.0. The van der Waals surface area contributed by atoms with Crippen molar-refractivity contribution in [3.05, 3.63) is 69.4 Å². The van der Waals surface area contributed by atoms with Gasteiger partial charge in [-0.1, -0.05) is 29.8 Å². The SMILES string of the molecule is O=C(COC(=O)C1CCN(S(=O)(=O)c2cc([N+](=O)[O-])ccc2Cl)CC1)c1cc2ccccc2o1. The predicted octanol–water partition coefficient (Wildman–Crippen LogP) is 3.82. The summed E-state index contributed by atoms with van der Waals surface area (Å²) < 4.78 is 37.6. The highest BCUT2D eigenvalue weighted by molar-refractivity contribution is 7.89. The fourth-order valence-corrected chi connectivity index (χ4v) is 5.68. The molecule has 178 valence electrons. The number of sulfonamides is 1. The monoisotopic (exact) mass is 506 g/mol. The second kappa shape index (κ2) is 9.53. The number of ether oxygens (including phenoxy) is 1. The number of carbonyl (C=O) groups excluding carboxylic acids is 2. The van der Waals surface area contributed by atoms with Gasteiger partial charge >= 0.3 is 5.97 Å². The van der Waals surface area contributed by atoms with Crippen molar-refractivity contribution in [2.75, 3.05) is 19.7 Å². The topological polar surface area (TPSA) is 137 Å². The number of piperidine rings is 1. The highest BCUT2D eigenvalue weighted by Gasteiger charge is 2.35. The van der Waals surface area contributed by atoms with Gasteiger partial charge in [0.15, 0.2) is 12.4 Å². The van der Waals surface area contributed by atoms with Crippen molar-refractivity contribution in [3.8, 4) is 0 Å². The Balaban J connectivity index is 1.35. The maximum absolute atomic E-state index is 13.0. The van der Waals surface area contributed by atoms with E-state index >= 15 is 0 Å². The van der Waals surface area contributed by atoms with Gasteiger partial charge in [-0.2, -0.15) is 4.31 Å². The van der Waals surface area contributed by atoms with Crippen LogP contribution in [0.4, 0.5) is 5.69 Å². The Morgan fingerprint density at radius 2 is 1.85 bits per heavy atom. The summed E-state index contributed by atoms with van der Waals surface area (Å²) in [5.74, 6) is -1.58. The van der Waals surface area contributed by atoms with E-state index in [0.29, 0.717) is 5.58 Å². The normalized spacial score (nSPS) is 15.3. The molecule has 0 spiro atoms. The second-order valence-electron chi connectivity index (χ2n) is 7.73. The third-order valence-corrected chi connectivity index (χ3v) is 7.96. The summed E-state index contributed by atoms with van der Waals surface area (Å²) in [4.78, 5) is 34.7. The van der Waals surface area contributed by atoms with Gasteiger partial charge in [0, 0.05) is 30.6 Å². The molecule has 0 amide bonds. The number of nitro groups is 1. The number of non-ortho nitro benzene ring substituents is 1. The summed E-state index contributed by atoms with van der Waals surface area (Å²) in [6, 6.07) is 11.9. The zero-order chi connectivity index (χ0) is 24.5. The molecule has 12 heteroatoms. The molecule has 10 nitrogen and oxygen atoms in total. The molecule has 0 saturated carbocycles. The molecule has 1 aliphatic rings. The van der Waals surface area contributed by atoms with Gasteiger partial charge in [0.1, 0.15) is 10.5 Å². The molecule has 0 atom stereocenters. The van der Waals surface area contributed by atoms with Crippen LogP contribution >= 0.6 is 11.6 Å². The Bertz CT molecular complexity index is 1340. The minimum atomic E-state index is -4.09. The molecule has 0 aliphatic carbocycles. The number of benzene rings is 2. The number of nitrogens with zero attached hydrogens (tertiary/aromatic N) is 2. The van der Waals surface area contributed by atoms with Crippen LogP contribution in [0.1, 0.15) is 23.4 Å². The number of rotatable bonds is 7. The molecule has 0 unspecified atom stereocenters. The summed E-state index contributed by atoms with van der Waals surface area (Å²) in [6.45, 7) is -0.488. The molecular weight excluding hydrogens is 488 g/mol. The maximum Gasteiger partial charge on any atom is 0.309 e. The third-order valence-electron chi connectivity index (χ3n) is 5.58. The van der Waals surface area contributed by atoms with E-state index in [1.807, 2.05) is 6.07 Å². The van der Waals surface area contributed by atoms with E-state index in [1.165, 1.54) is 0 Å². The number of carbonyl (C=O) groups is 2. The Morgan fingerprint density at radius 3 is 2.53 bits per heavy atom. The number of Topliss-reactive ketones (excluding diaryl/α,β-unsaturated/α-hetero) is 1. The van der Waals surface area contributed by atoms with Gasteiger partial charge in [-0.15, -0.1) is 0 Å². The van der Waals surface area contributed by atoms with E-state index in [2.05, 4.69) is 0 Å². The molecule has 1 aromatic heterocycles. The quantitative estimate of drug-likeness (QED) is 0.204. The molecule has 0 N–H and O–H groups in total. The zero-order valence-electron chi connectivity index (χ0n) is 17.7. The smallest absolute Gasteiger partial charge is 0.309 e. The van der Waals surface area contributed by atoms with E-state index < -0.39 is 44.9 Å². The van der Waals surface area contributed by atoms with Gasteiger partial charge in [-0.05, 0) is 31.0 Å². The molecule has 1 saturated heterocycles. The summed E-state index contributed by atoms with van der Waals surface area (Å²) in [7, 11) is -4.09. The lowest BCUT2D eigenvalue weighted by Gasteiger charge is -2.30. The van der Waals surface area contributed by atoms with Gasteiger partial charge < -0.3 is 9.15 Å². The lowest BCUT2D eigenvalue weighted by Crippen LogP contribution is -2.40. The Hall–Kier alpha value is -3.28. The summed E-state index contributed by atoms with van der Waals surface area (Å²) in [5, 5.41) is 11.6. The molecule has 4 rings (SSSR count). The number of fused-ring (bicyclic) bond motifs is 1. The number of hydrogen-bond acceptors (Lipinski definition) is 8. The fourth-order valence-electron chi connectivity index (χ4n) is 3.72. The Labute approximate surface area is 199 Å². The van der Waals surface area contributed by atoms with Crippen molar-refractivity contribution in [3.63, 3.8) is 0 Å². The third kappa shape index (κ3) is 4.81. The van der Waals surface area contributed by atoms with Gasteiger partial charge in [-0.25, -0.2) is 8.42 Å². The summed E-state index contributed by atoms with van der Waals surface area (Å²) >= 11 is 5.99. The van der Waals surface area contributed by atoms with Crippen LogP contribution in [-0.2, 0) is 19.6 Å². The molecule has 2 heterocycles. The minimum Gasteiger partial charge on any atom is -0.457 e. The standard InChI is InChI=1S/C22H19ClN2O8S/c23-17-6-5-16(25(28)29)12-21(17)34(30,31)24-9-7-14(8-10-24)22(27)32-13-18(26)20-11-15-3-1-2-4-19(15)33-20/h1-6,11-12,14H,7-10,13H2. The average molecular weight is 507 g/mol. The van der Waals surface area contributed by atoms with Gasteiger partial charge in [0.2, 0.25) is 15.8 Å². The first kappa shape index (κ1) is 23.9. The average Bonchev–Trinajstić information content (AvgIpc) is 3.27. The van der Waals surface area contributed by atoms with E-state index in [1.54, 1.807) is 24.3 Å². The number of hydrogen-bond donors (Lipinski definition) is 0. The van der Waals surface area contributed by atoms with E-state index in [9.17, 15) is 28.1 Å². The first-order valence-electron chi connectivity index (χ1n) is 10.3. The van der Waals surface area contributed by atoms with Crippen LogP contribution < -0.4 is 0 Å². The van der Waals surface area contributed by atoms with Crippen molar-refractivity contribution in [2.24, 2.45) is 5.92 Å². The molecule has 3 aromatic rings. The number of esters is 1. The highest BCUT2D eigenvalue weighted by Crippen LogP contribution is 2.31. The van der Waals surface area contributed by atoms with Crippen molar-refractivity contribution in [1.82, 2.24) is 4.31 Å². The number of ketones is 1. The molecular formula is C22H19ClN2O8S. The lowest BCUT2D eigenvalue weighted by molar-refractivity contribution is -0.385. The van der Waals surface area contributed by atoms with Crippen LogP contribution in [0, 0.1) is 16.0 Å². The molecule has 2 aromatic carbocycles. The van der Waals surface area contributed by atoms with Crippen LogP contribution in [0.5, 0.6) is 0 Å². The summed E-state index contributed by atoms with van der Waals surface area (Å²) in [6.07, 6.45) is 0.340. The van der Waals surface area contributed by atoms with Gasteiger partial charge in [-0.3, -0.25) is 19.7 Å². The minimum absolute atomic E-state index is 0.00135. The van der Waals surface area contributed by atoms with Gasteiger partial charge in [0.25, 0.3) is 5.69 Å². The van der Waals surface area contributed by atoms with E-state index in [4.69, 9.17) is 20.8 Å². The van der Waals surface area contributed by atoms with Crippen LogP contribution in [0.3, 0.4) is 0 Å². The van der Waals surface area contributed by atoms with Crippen molar-refractivity contribution in [1.29, 1.82) is 0 Å². The van der Waals surface area contributed by atoms with Crippen LogP contribution in [-0.4, -0.2) is 49.1 Å². The number of nitro benzene ring substituents is 1. The first-order chi connectivity index (χ1) is 16.2. The zero-order valence-corrected chi connectivity index (χ0v) is 19.3. The fraction of sp³-hybridized carbons (Fsp3) is 0.273. The number of para-hydroxylation sites is 1. The van der Waals surface area contributed by atoms with Crippen molar-refractivity contribution < 1.29 is 32.1 Å². The van der Waals surface area contributed by atoms with Crippen LogP contribution in [0.25, 0.3) is 11.0 Å². The Kier molecular flexibility index (Phi) is 6.69. The lowest BCUT2D eigenvalue weighted by atomic mass is 9.98. The van der Waals surface area contributed by atoms with Crippen LogP contribution in [0.2, 0.25) is 5.02 Å².